The maximum atomic E-state index is 12.6. The molecule has 0 aliphatic rings. The van der Waals surface area contributed by atoms with Crippen molar-refractivity contribution >= 4 is 44.3 Å². The van der Waals surface area contributed by atoms with Gasteiger partial charge in [-0.3, -0.25) is 9.48 Å². The Morgan fingerprint density at radius 2 is 2.10 bits per heavy atom. The summed E-state index contributed by atoms with van der Waals surface area (Å²) in [6.45, 7) is 6.91. The van der Waals surface area contributed by atoms with Crippen molar-refractivity contribution in [3.63, 3.8) is 0 Å². The van der Waals surface area contributed by atoms with Crippen molar-refractivity contribution < 1.29 is 4.79 Å². The lowest BCUT2D eigenvalue weighted by Crippen LogP contribution is -2.11. The number of nitrogens with zero attached hydrogens (tertiary/aromatic N) is 2. The summed E-state index contributed by atoms with van der Waals surface area (Å²) in [4.78, 5) is 12.6. The predicted octanol–water partition coefficient (Wildman–Crippen LogP) is 4.57. The molecule has 2 rings (SSSR count). The summed E-state index contributed by atoms with van der Waals surface area (Å²) in [5, 5.41) is 4.55. The van der Waals surface area contributed by atoms with Gasteiger partial charge in [0.25, 0.3) is 0 Å². The van der Waals surface area contributed by atoms with Gasteiger partial charge in [-0.1, -0.05) is 25.1 Å². The smallest absolute Gasteiger partial charge is 0.169 e. The summed E-state index contributed by atoms with van der Waals surface area (Å²) < 4.78 is 3.93. The Labute approximate surface area is 147 Å². The highest BCUT2D eigenvalue weighted by atomic mass is 127. The highest BCUT2D eigenvalue weighted by molar-refractivity contribution is 14.1. The van der Waals surface area contributed by atoms with E-state index in [1.54, 1.807) is 0 Å². The van der Waals surface area contributed by atoms with Crippen LogP contribution in [-0.2, 0) is 19.4 Å². The molecule has 0 aliphatic carbocycles. The zero-order valence-corrected chi connectivity index (χ0v) is 16.2. The molecule has 1 aromatic heterocycles. The van der Waals surface area contributed by atoms with E-state index in [0.717, 1.165) is 43.5 Å². The number of aromatic nitrogens is 2. The Bertz CT molecular complexity index is 679. The minimum absolute atomic E-state index is 0.140. The first-order valence-corrected chi connectivity index (χ1v) is 8.89. The number of benzene rings is 1. The molecule has 0 aliphatic heterocycles. The van der Waals surface area contributed by atoms with Crippen LogP contribution in [0, 0.1) is 10.5 Å². The molecule has 0 spiro atoms. The number of halogens is 2. The summed E-state index contributed by atoms with van der Waals surface area (Å²) in [5.41, 5.74) is 3.92. The second-order valence-corrected chi connectivity index (χ2v) is 6.78. The van der Waals surface area contributed by atoms with E-state index in [9.17, 15) is 4.79 Å². The molecule has 0 saturated carbocycles. The van der Waals surface area contributed by atoms with Crippen LogP contribution in [-0.4, -0.2) is 15.6 Å². The lowest BCUT2D eigenvalue weighted by atomic mass is 10.0. The van der Waals surface area contributed by atoms with Gasteiger partial charge in [0.2, 0.25) is 0 Å². The predicted molar refractivity (Wildman–Crippen MR) is 96.9 cm³/mol. The van der Waals surface area contributed by atoms with Crippen LogP contribution in [0.1, 0.15) is 41.2 Å². The van der Waals surface area contributed by atoms with E-state index in [0.29, 0.717) is 6.42 Å². The van der Waals surface area contributed by atoms with E-state index in [4.69, 9.17) is 0 Å². The summed E-state index contributed by atoms with van der Waals surface area (Å²) in [5.74, 6) is 0.140. The van der Waals surface area contributed by atoms with Crippen molar-refractivity contribution in [3.8, 4) is 0 Å². The number of hydrogen-bond donors (Lipinski definition) is 0. The number of ketones is 1. The number of aryl methyl sites for hydroxylation is 3. The number of Topliss-reactive ketones (excluding diaryl/α,β-unsaturated/α-hetero) is 1. The van der Waals surface area contributed by atoms with Gasteiger partial charge in [-0.25, -0.2) is 0 Å². The lowest BCUT2D eigenvalue weighted by molar-refractivity contribution is 0.0989. The average molecular weight is 461 g/mol. The largest absolute Gasteiger partial charge is 0.294 e. The van der Waals surface area contributed by atoms with Crippen LogP contribution in [0.3, 0.4) is 0 Å². The standard InChI is InChI=1S/C16H18BrIN2O/c1-4-12-15(17)13(20(5-2)19-12)9-14(21)11-8-6-7-10(3)16(11)18/h6-8H,4-5,9H2,1-3H3. The molecule has 0 radical (unpaired) electrons. The minimum atomic E-state index is 0.140. The molecule has 1 aromatic carbocycles. The monoisotopic (exact) mass is 460 g/mol. The van der Waals surface area contributed by atoms with E-state index in [1.165, 1.54) is 0 Å². The molecule has 0 saturated heterocycles. The lowest BCUT2D eigenvalue weighted by Gasteiger charge is -2.08. The van der Waals surface area contributed by atoms with Gasteiger partial charge in [0.05, 0.1) is 22.3 Å². The number of carbonyl (C=O) groups excluding carboxylic acids is 1. The third-order valence-corrected chi connectivity index (χ3v) is 5.86. The second-order valence-electron chi connectivity index (χ2n) is 4.91. The fraction of sp³-hybridized carbons (Fsp3) is 0.375. The van der Waals surface area contributed by atoms with E-state index < -0.39 is 0 Å². The van der Waals surface area contributed by atoms with E-state index in [2.05, 4.69) is 50.5 Å². The molecule has 112 valence electrons. The van der Waals surface area contributed by atoms with Crippen molar-refractivity contribution in [2.75, 3.05) is 0 Å². The maximum absolute atomic E-state index is 12.6. The molecule has 5 heteroatoms. The first-order chi connectivity index (χ1) is 9.99. The van der Waals surface area contributed by atoms with Gasteiger partial charge >= 0.3 is 0 Å². The number of hydrogen-bond acceptors (Lipinski definition) is 2. The van der Waals surface area contributed by atoms with Crippen molar-refractivity contribution in [1.29, 1.82) is 0 Å². The van der Waals surface area contributed by atoms with Gasteiger partial charge < -0.3 is 0 Å². The van der Waals surface area contributed by atoms with Crippen LogP contribution in [0.4, 0.5) is 0 Å². The molecule has 2 aromatic rings. The molecule has 0 unspecified atom stereocenters. The quantitative estimate of drug-likeness (QED) is 0.484. The minimum Gasteiger partial charge on any atom is -0.294 e. The van der Waals surface area contributed by atoms with Crippen LogP contribution in [0.5, 0.6) is 0 Å². The zero-order chi connectivity index (χ0) is 15.6. The Balaban J connectivity index is 2.36. The Hall–Kier alpha value is -0.690. The van der Waals surface area contributed by atoms with Crippen LogP contribution in [0.25, 0.3) is 0 Å². The third-order valence-electron chi connectivity index (χ3n) is 3.51. The topological polar surface area (TPSA) is 34.9 Å². The summed E-state index contributed by atoms with van der Waals surface area (Å²) in [6, 6.07) is 5.87. The van der Waals surface area contributed by atoms with Gasteiger partial charge in [-0.15, -0.1) is 0 Å². The molecule has 0 amide bonds. The maximum Gasteiger partial charge on any atom is 0.169 e. The molecule has 0 fully saturated rings. The Morgan fingerprint density at radius 3 is 2.71 bits per heavy atom. The highest BCUT2D eigenvalue weighted by Gasteiger charge is 2.19. The first-order valence-electron chi connectivity index (χ1n) is 7.01. The van der Waals surface area contributed by atoms with Crippen LogP contribution >= 0.6 is 38.5 Å². The normalized spacial score (nSPS) is 10.9. The van der Waals surface area contributed by atoms with Crippen molar-refractivity contribution in [2.45, 2.75) is 40.2 Å². The molecule has 0 bridgehead atoms. The fourth-order valence-electron chi connectivity index (χ4n) is 2.30. The number of rotatable bonds is 5. The van der Waals surface area contributed by atoms with Crippen molar-refractivity contribution in [2.24, 2.45) is 0 Å². The van der Waals surface area contributed by atoms with E-state index in [-0.39, 0.29) is 5.78 Å². The van der Waals surface area contributed by atoms with Gasteiger partial charge in [0.15, 0.2) is 5.78 Å². The molecule has 0 N–H and O–H groups in total. The summed E-state index contributed by atoms with van der Waals surface area (Å²) in [7, 11) is 0. The van der Waals surface area contributed by atoms with Crippen molar-refractivity contribution in [3.05, 3.63) is 48.8 Å². The average Bonchev–Trinajstić information content (AvgIpc) is 2.78. The van der Waals surface area contributed by atoms with E-state index in [1.807, 2.05) is 36.7 Å². The van der Waals surface area contributed by atoms with Gasteiger partial charge in [0, 0.05) is 15.7 Å². The van der Waals surface area contributed by atoms with Crippen LogP contribution in [0.15, 0.2) is 22.7 Å². The fourth-order valence-corrected chi connectivity index (χ4v) is 3.66. The summed E-state index contributed by atoms with van der Waals surface area (Å²) >= 11 is 5.85. The molecular formula is C16H18BrIN2O. The van der Waals surface area contributed by atoms with Gasteiger partial charge in [0.1, 0.15) is 0 Å². The third kappa shape index (κ3) is 3.39. The van der Waals surface area contributed by atoms with E-state index >= 15 is 0 Å². The summed E-state index contributed by atoms with van der Waals surface area (Å²) in [6.07, 6.45) is 1.23. The Kier molecular flexibility index (Phi) is 5.60. The van der Waals surface area contributed by atoms with Gasteiger partial charge in [-0.05, 0) is 64.4 Å². The molecule has 3 nitrogen and oxygen atoms in total. The van der Waals surface area contributed by atoms with Crippen LogP contribution in [0.2, 0.25) is 0 Å². The first kappa shape index (κ1) is 16.7. The number of carbonyl (C=O) groups is 1. The highest BCUT2D eigenvalue weighted by Crippen LogP contribution is 2.25. The zero-order valence-electron chi connectivity index (χ0n) is 12.4. The molecule has 21 heavy (non-hydrogen) atoms. The molecular weight excluding hydrogens is 443 g/mol. The Morgan fingerprint density at radius 1 is 1.38 bits per heavy atom. The SMILES string of the molecule is CCc1nn(CC)c(CC(=O)c2cccc(C)c2I)c1Br. The second kappa shape index (κ2) is 7.05. The van der Waals surface area contributed by atoms with Gasteiger partial charge in [-0.2, -0.15) is 5.10 Å². The van der Waals surface area contributed by atoms with Crippen LogP contribution < -0.4 is 0 Å². The molecule has 0 atom stereocenters. The van der Waals surface area contributed by atoms with Crippen molar-refractivity contribution in [1.82, 2.24) is 9.78 Å². The molecule has 1 heterocycles.